The molecule has 0 aromatic heterocycles. The van der Waals surface area contributed by atoms with Gasteiger partial charge in [-0.05, 0) is 30.3 Å². The van der Waals surface area contributed by atoms with E-state index in [2.05, 4.69) is 5.32 Å². The van der Waals surface area contributed by atoms with Crippen molar-refractivity contribution < 1.29 is 27.4 Å². The van der Waals surface area contributed by atoms with Crippen LogP contribution in [0.2, 0.25) is 5.02 Å². The van der Waals surface area contributed by atoms with Crippen LogP contribution in [-0.4, -0.2) is 40.4 Å². The van der Waals surface area contributed by atoms with Gasteiger partial charge in [0.05, 0.1) is 22.8 Å². The molecule has 0 unspecified atom stereocenters. The van der Waals surface area contributed by atoms with E-state index in [4.69, 9.17) is 25.8 Å². The molecule has 7 nitrogen and oxygen atoms in total. The van der Waals surface area contributed by atoms with Crippen LogP contribution in [0.25, 0.3) is 0 Å². The number of hydrogen-bond acceptors (Lipinski definition) is 6. The predicted octanol–water partition coefficient (Wildman–Crippen LogP) is 2.92. The summed E-state index contributed by atoms with van der Waals surface area (Å²) in [5.41, 5.74) is 0.461. The number of benzene rings is 2. The molecule has 27 heavy (non-hydrogen) atoms. The van der Waals surface area contributed by atoms with Gasteiger partial charge in [-0.25, -0.2) is 8.42 Å². The first-order valence-corrected chi connectivity index (χ1v) is 10.2. The second kappa shape index (κ2) is 8.06. The zero-order chi connectivity index (χ0) is 19.4. The molecule has 1 N–H and O–H groups in total. The largest absolute Gasteiger partial charge is 0.495 e. The highest BCUT2D eigenvalue weighted by Crippen LogP contribution is 2.32. The highest BCUT2D eigenvalue weighted by molar-refractivity contribution is 7.91. The van der Waals surface area contributed by atoms with Gasteiger partial charge < -0.3 is 19.5 Å². The quantitative estimate of drug-likeness (QED) is 0.785. The molecule has 2 aromatic carbocycles. The fourth-order valence-corrected chi connectivity index (χ4v) is 4.04. The van der Waals surface area contributed by atoms with Gasteiger partial charge in [0.25, 0.3) is 0 Å². The average Bonchev–Trinajstić information content (AvgIpc) is 2.66. The van der Waals surface area contributed by atoms with Gasteiger partial charge in [0.2, 0.25) is 5.91 Å². The van der Waals surface area contributed by atoms with Gasteiger partial charge in [0, 0.05) is 18.2 Å². The molecular formula is C18H18ClNO6S. The molecule has 0 saturated carbocycles. The lowest BCUT2D eigenvalue weighted by atomic mass is 10.3. The van der Waals surface area contributed by atoms with Gasteiger partial charge in [0.1, 0.15) is 19.0 Å². The maximum Gasteiger partial charge on any atom is 0.225 e. The molecule has 2 aromatic rings. The third kappa shape index (κ3) is 4.64. The highest BCUT2D eigenvalue weighted by Gasteiger charge is 2.20. The van der Waals surface area contributed by atoms with Crippen LogP contribution in [0.5, 0.6) is 17.2 Å². The van der Waals surface area contributed by atoms with Crippen molar-refractivity contribution in [3.63, 3.8) is 0 Å². The van der Waals surface area contributed by atoms with Crippen molar-refractivity contribution in [1.29, 1.82) is 0 Å². The van der Waals surface area contributed by atoms with E-state index in [9.17, 15) is 13.2 Å². The van der Waals surface area contributed by atoms with Gasteiger partial charge in [0.15, 0.2) is 21.3 Å². The Hall–Kier alpha value is -2.45. The van der Waals surface area contributed by atoms with E-state index < -0.39 is 15.7 Å². The lowest BCUT2D eigenvalue weighted by Crippen LogP contribution is -2.18. The Morgan fingerprint density at radius 3 is 2.59 bits per heavy atom. The summed E-state index contributed by atoms with van der Waals surface area (Å²) in [7, 11) is -2.15. The number of anilines is 1. The van der Waals surface area contributed by atoms with Crippen LogP contribution in [0, 0.1) is 0 Å². The Bertz CT molecular complexity index is 960. The number of carbonyl (C=O) groups excluding carboxylic acids is 1. The molecule has 0 bridgehead atoms. The molecule has 144 valence electrons. The van der Waals surface area contributed by atoms with Crippen LogP contribution in [0.4, 0.5) is 5.69 Å². The molecule has 0 fully saturated rings. The molecule has 0 aliphatic carbocycles. The van der Waals surface area contributed by atoms with Crippen molar-refractivity contribution >= 4 is 33.0 Å². The molecular weight excluding hydrogens is 394 g/mol. The second-order valence-corrected chi connectivity index (χ2v) is 8.29. The molecule has 0 saturated heterocycles. The Morgan fingerprint density at radius 1 is 1.15 bits per heavy atom. The maximum absolute atomic E-state index is 12.5. The minimum atomic E-state index is -3.64. The Balaban J connectivity index is 1.63. The van der Waals surface area contributed by atoms with Crippen LogP contribution in [0.3, 0.4) is 0 Å². The van der Waals surface area contributed by atoms with E-state index in [-0.39, 0.29) is 17.1 Å². The lowest BCUT2D eigenvalue weighted by Gasteiger charge is -2.18. The Labute approximate surface area is 162 Å². The summed E-state index contributed by atoms with van der Waals surface area (Å²) in [6, 6.07) is 9.20. The minimum Gasteiger partial charge on any atom is -0.495 e. The molecule has 1 heterocycles. The molecule has 0 radical (unpaired) electrons. The monoisotopic (exact) mass is 411 g/mol. The van der Waals surface area contributed by atoms with Crippen LogP contribution >= 0.6 is 11.6 Å². The first kappa shape index (κ1) is 19.3. The lowest BCUT2D eigenvalue weighted by molar-refractivity contribution is -0.115. The fourth-order valence-electron chi connectivity index (χ4n) is 2.53. The summed E-state index contributed by atoms with van der Waals surface area (Å²) in [4.78, 5) is 12.2. The standard InChI is InChI=1S/C18H18ClNO6S/c1-24-15-4-2-12(10-14(15)19)20-18(21)6-9-27(22,23)13-3-5-16-17(11-13)26-8-7-25-16/h2-5,10-11H,6-9H2,1H3,(H,20,21). The highest BCUT2D eigenvalue weighted by atomic mass is 35.5. The molecule has 0 spiro atoms. The first-order chi connectivity index (χ1) is 12.9. The summed E-state index contributed by atoms with van der Waals surface area (Å²) < 4.78 is 40.8. The van der Waals surface area contributed by atoms with Gasteiger partial charge in [-0.3, -0.25) is 4.79 Å². The third-order valence-corrected chi connectivity index (χ3v) is 5.92. The van der Waals surface area contributed by atoms with E-state index >= 15 is 0 Å². The Kier molecular flexibility index (Phi) is 5.76. The minimum absolute atomic E-state index is 0.0899. The van der Waals surface area contributed by atoms with E-state index in [0.717, 1.165) is 0 Å². The van der Waals surface area contributed by atoms with Crippen LogP contribution in [-0.2, 0) is 14.6 Å². The summed E-state index contributed by atoms with van der Waals surface area (Å²) in [5, 5.41) is 2.97. The molecule has 1 aliphatic heterocycles. The number of rotatable bonds is 6. The molecule has 1 amide bonds. The third-order valence-electron chi connectivity index (χ3n) is 3.91. The summed E-state index contributed by atoms with van der Waals surface area (Å²) in [5.74, 6) is 0.615. The first-order valence-electron chi connectivity index (χ1n) is 8.15. The number of sulfone groups is 1. The molecule has 3 rings (SSSR count). The number of ether oxygens (including phenoxy) is 3. The average molecular weight is 412 g/mol. The number of fused-ring (bicyclic) bond motifs is 1. The van der Waals surface area contributed by atoms with Gasteiger partial charge in [-0.2, -0.15) is 0 Å². The number of methoxy groups -OCH3 is 1. The van der Waals surface area contributed by atoms with Crippen molar-refractivity contribution in [2.75, 3.05) is 31.4 Å². The maximum atomic E-state index is 12.5. The van der Waals surface area contributed by atoms with Crippen molar-refractivity contribution in [2.45, 2.75) is 11.3 Å². The van der Waals surface area contributed by atoms with Crippen molar-refractivity contribution in [3.8, 4) is 17.2 Å². The normalized spacial score (nSPS) is 13.1. The number of nitrogens with one attached hydrogen (secondary N) is 1. The van der Waals surface area contributed by atoms with Gasteiger partial charge in [-0.15, -0.1) is 0 Å². The van der Waals surface area contributed by atoms with Crippen molar-refractivity contribution in [3.05, 3.63) is 41.4 Å². The van der Waals surface area contributed by atoms with E-state index in [1.54, 1.807) is 18.2 Å². The summed E-state index contributed by atoms with van der Waals surface area (Å²) in [6.07, 6.45) is -0.194. The van der Waals surface area contributed by atoms with Crippen LogP contribution < -0.4 is 19.5 Å². The zero-order valence-corrected chi connectivity index (χ0v) is 16.1. The predicted molar refractivity (Wildman–Crippen MR) is 101 cm³/mol. The van der Waals surface area contributed by atoms with Crippen LogP contribution in [0.1, 0.15) is 6.42 Å². The van der Waals surface area contributed by atoms with E-state index in [0.29, 0.717) is 41.2 Å². The zero-order valence-electron chi connectivity index (χ0n) is 14.5. The second-order valence-electron chi connectivity index (χ2n) is 5.77. The fraction of sp³-hybridized carbons (Fsp3) is 0.278. The number of halogens is 1. The van der Waals surface area contributed by atoms with E-state index in [1.807, 2.05) is 0 Å². The number of carbonyl (C=O) groups is 1. The number of amides is 1. The van der Waals surface area contributed by atoms with E-state index in [1.165, 1.54) is 25.3 Å². The smallest absolute Gasteiger partial charge is 0.225 e. The number of hydrogen-bond donors (Lipinski definition) is 1. The molecule has 9 heteroatoms. The SMILES string of the molecule is COc1ccc(NC(=O)CCS(=O)(=O)c2ccc3c(c2)OCCO3)cc1Cl. The summed E-state index contributed by atoms with van der Waals surface area (Å²) in [6.45, 7) is 0.790. The topological polar surface area (TPSA) is 90.9 Å². The van der Waals surface area contributed by atoms with Gasteiger partial charge >= 0.3 is 0 Å². The summed E-state index contributed by atoms with van der Waals surface area (Å²) >= 11 is 6.01. The molecule has 0 atom stereocenters. The van der Waals surface area contributed by atoms with Crippen LogP contribution in [0.15, 0.2) is 41.3 Å². The van der Waals surface area contributed by atoms with Gasteiger partial charge in [-0.1, -0.05) is 11.6 Å². The Morgan fingerprint density at radius 2 is 1.89 bits per heavy atom. The molecule has 1 aliphatic rings. The van der Waals surface area contributed by atoms with Crippen molar-refractivity contribution in [2.24, 2.45) is 0 Å². The van der Waals surface area contributed by atoms with Crippen molar-refractivity contribution in [1.82, 2.24) is 0 Å².